The van der Waals surface area contributed by atoms with Gasteiger partial charge in [-0.15, -0.1) is 11.3 Å². The molecular formula is C7H8N6S. The molecule has 1 aromatic heterocycles. The smallest absolute Gasteiger partial charge is 0.148 e. The third-order valence-corrected chi connectivity index (χ3v) is 2.29. The first kappa shape index (κ1) is 10.5. The summed E-state index contributed by atoms with van der Waals surface area (Å²) in [6, 6.07) is 1.67. The van der Waals surface area contributed by atoms with E-state index in [1.807, 2.05) is 5.38 Å². The van der Waals surface area contributed by atoms with Gasteiger partial charge in [-0.3, -0.25) is 5.32 Å². The molecule has 0 radical (unpaired) electrons. The summed E-state index contributed by atoms with van der Waals surface area (Å²) in [7, 11) is 0. The fourth-order valence-corrected chi connectivity index (χ4v) is 1.52. The average Bonchev–Trinajstić information content (AvgIpc) is 2.71. The standard InChI is InChI=1S/C7H8N6S/c8-5-6(7-11-3-4-14-7)10-1-2-12-13-9/h3-4,6,10H,1-2H2. The summed E-state index contributed by atoms with van der Waals surface area (Å²) in [6.45, 7) is 0.807. The number of nitrogens with one attached hydrogen (secondary N) is 1. The normalized spacial score (nSPS) is 11.4. The second kappa shape index (κ2) is 5.94. The molecule has 0 bridgehead atoms. The number of thiazole rings is 1. The third kappa shape index (κ3) is 3.03. The molecule has 72 valence electrons. The van der Waals surface area contributed by atoms with Gasteiger partial charge in [0.2, 0.25) is 0 Å². The molecule has 0 spiro atoms. The molecule has 0 aliphatic rings. The first-order valence-corrected chi connectivity index (χ1v) is 4.79. The molecule has 7 heteroatoms. The van der Waals surface area contributed by atoms with Crippen LogP contribution >= 0.6 is 11.3 Å². The van der Waals surface area contributed by atoms with Crippen molar-refractivity contribution in [1.82, 2.24) is 10.3 Å². The second-order valence-electron chi connectivity index (χ2n) is 2.34. The van der Waals surface area contributed by atoms with E-state index in [0.29, 0.717) is 13.1 Å². The van der Waals surface area contributed by atoms with E-state index in [-0.39, 0.29) is 0 Å². The summed E-state index contributed by atoms with van der Waals surface area (Å²) in [5, 5.41) is 17.6. The Labute approximate surface area is 84.8 Å². The van der Waals surface area contributed by atoms with E-state index in [2.05, 4.69) is 26.4 Å². The highest BCUT2D eigenvalue weighted by Crippen LogP contribution is 2.13. The van der Waals surface area contributed by atoms with Crippen LogP contribution in [-0.2, 0) is 0 Å². The van der Waals surface area contributed by atoms with E-state index < -0.39 is 6.04 Å². The molecule has 14 heavy (non-hydrogen) atoms. The van der Waals surface area contributed by atoms with E-state index in [4.69, 9.17) is 10.8 Å². The van der Waals surface area contributed by atoms with Crippen LogP contribution in [0.4, 0.5) is 0 Å². The van der Waals surface area contributed by atoms with Gasteiger partial charge in [0.25, 0.3) is 0 Å². The molecule has 6 nitrogen and oxygen atoms in total. The Morgan fingerprint density at radius 3 is 3.29 bits per heavy atom. The van der Waals surface area contributed by atoms with Crippen molar-refractivity contribution in [2.75, 3.05) is 13.1 Å². The van der Waals surface area contributed by atoms with E-state index in [1.54, 1.807) is 6.20 Å². The van der Waals surface area contributed by atoms with Gasteiger partial charge in [-0.2, -0.15) is 5.26 Å². The fourth-order valence-electron chi connectivity index (χ4n) is 0.869. The Kier molecular flexibility index (Phi) is 4.44. The molecular weight excluding hydrogens is 200 g/mol. The van der Waals surface area contributed by atoms with Crippen LogP contribution in [0, 0.1) is 11.3 Å². The molecule has 0 aliphatic carbocycles. The molecule has 0 amide bonds. The molecule has 0 aromatic carbocycles. The topological polar surface area (TPSA) is 97.5 Å². The first-order chi connectivity index (χ1) is 6.88. The molecule has 1 atom stereocenters. The molecule has 0 fully saturated rings. The van der Waals surface area contributed by atoms with Gasteiger partial charge in [0.15, 0.2) is 0 Å². The minimum atomic E-state index is -0.413. The van der Waals surface area contributed by atoms with Gasteiger partial charge in [0.1, 0.15) is 11.0 Å². The lowest BCUT2D eigenvalue weighted by atomic mass is 10.3. The van der Waals surface area contributed by atoms with Crippen molar-refractivity contribution in [3.63, 3.8) is 0 Å². The molecule has 0 saturated heterocycles. The maximum Gasteiger partial charge on any atom is 0.148 e. The summed E-state index contributed by atoms with van der Waals surface area (Å²) in [5.74, 6) is 0. The van der Waals surface area contributed by atoms with Crippen molar-refractivity contribution in [3.05, 3.63) is 27.0 Å². The van der Waals surface area contributed by atoms with Crippen molar-refractivity contribution < 1.29 is 0 Å². The molecule has 1 aromatic rings. The highest BCUT2D eigenvalue weighted by atomic mass is 32.1. The molecule has 1 N–H and O–H groups in total. The first-order valence-electron chi connectivity index (χ1n) is 3.91. The van der Waals surface area contributed by atoms with Gasteiger partial charge in [0, 0.05) is 29.6 Å². The number of hydrogen-bond donors (Lipinski definition) is 1. The molecule has 1 heterocycles. The number of hydrogen-bond acceptors (Lipinski definition) is 5. The van der Waals surface area contributed by atoms with Crippen molar-refractivity contribution in [1.29, 1.82) is 5.26 Å². The predicted molar refractivity (Wildman–Crippen MR) is 52.5 cm³/mol. The van der Waals surface area contributed by atoms with Crippen LogP contribution in [-0.4, -0.2) is 18.1 Å². The maximum atomic E-state index is 8.81. The summed E-state index contributed by atoms with van der Waals surface area (Å²) < 4.78 is 0. The fraction of sp³-hybridized carbons (Fsp3) is 0.429. The van der Waals surface area contributed by atoms with Gasteiger partial charge in [-0.1, -0.05) is 5.11 Å². The molecule has 0 aliphatic heterocycles. The summed E-state index contributed by atoms with van der Waals surface area (Å²) in [4.78, 5) is 6.63. The lowest BCUT2D eigenvalue weighted by molar-refractivity contribution is 0.632. The molecule has 1 rings (SSSR count). The largest absolute Gasteiger partial charge is 0.296 e. The Morgan fingerprint density at radius 2 is 2.71 bits per heavy atom. The lowest BCUT2D eigenvalue weighted by Gasteiger charge is -2.05. The minimum absolute atomic E-state index is 0.333. The predicted octanol–water partition coefficient (Wildman–Crippen LogP) is 1.61. The van der Waals surface area contributed by atoms with Gasteiger partial charge >= 0.3 is 0 Å². The van der Waals surface area contributed by atoms with E-state index in [1.165, 1.54) is 11.3 Å². The average molecular weight is 208 g/mol. The van der Waals surface area contributed by atoms with Crippen LogP contribution in [0.25, 0.3) is 10.4 Å². The Bertz CT molecular complexity index is 347. The van der Waals surface area contributed by atoms with Crippen molar-refractivity contribution in [2.24, 2.45) is 5.11 Å². The monoisotopic (exact) mass is 208 g/mol. The van der Waals surface area contributed by atoms with Gasteiger partial charge in [-0.25, -0.2) is 4.98 Å². The van der Waals surface area contributed by atoms with Crippen molar-refractivity contribution >= 4 is 11.3 Å². The summed E-state index contributed by atoms with van der Waals surface area (Å²) in [5.41, 5.74) is 8.03. The summed E-state index contributed by atoms with van der Waals surface area (Å²) in [6.07, 6.45) is 1.65. The Hall–Kier alpha value is -1.61. The van der Waals surface area contributed by atoms with Gasteiger partial charge in [-0.05, 0) is 5.53 Å². The quantitative estimate of drug-likeness (QED) is 0.344. The van der Waals surface area contributed by atoms with Gasteiger partial charge in [0.05, 0.1) is 6.07 Å². The highest BCUT2D eigenvalue weighted by Gasteiger charge is 2.10. The molecule has 1 unspecified atom stereocenters. The maximum absolute atomic E-state index is 8.81. The Balaban J connectivity index is 2.41. The van der Waals surface area contributed by atoms with Crippen LogP contribution in [0.15, 0.2) is 16.7 Å². The van der Waals surface area contributed by atoms with Crippen LogP contribution in [0.2, 0.25) is 0 Å². The van der Waals surface area contributed by atoms with Crippen LogP contribution in [0.5, 0.6) is 0 Å². The van der Waals surface area contributed by atoms with Crippen molar-refractivity contribution in [2.45, 2.75) is 6.04 Å². The van der Waals surface area contributed by atoms with Gasteiger partial charge < -0.3 is 0 Å². The zero-order valence-corrected chi connectivity index (χ0v) is 8.11. The van der Waals surface area contributed by atoms with E-state index >= 15 is 0 Å². The number of rotatable bonds is 5. The summed E-state index contributed by atoms with van der Waals surface area (Å²) >= 11 is 1.42. The van der Waals surface area contributed by atoms with Crippen LogP contribution in [0.3, 0.4) is 0 Å². The number of azide groups is 1. The zero-order valence-electron chi connectivity index (χ0n) is 7.29. The van der Waals surface area contributed by atoms with E-state index in [9.17, 15) is 0 Å². The zero-order chi connectivity index (χ0) is 10.2. The minimum Gasteiger partial charge on any atom is -0.296 e. The second-order valence-corrected chi connectivity index (χ2v) is 3.27. The van der Waals surface area contributed by atoms with Crippen molar-refractivity contribution in [3.8, 4) is 6.07 Å². The highest BCUT2D eigenvalue weighted by molar-refractivity contribution is 7.09. The van der Waals surface area contributed by atoms with Crippen LogP contribution in [0.1, 0.15) is 11.0 Å². The van der Waals surface area contributed by atoms with E-state index in [0.717, 1.165) is 5.01 Å². The number of aromatic nitrogens is 1. The lowest BCUT2D eigenvalue weighted by Crippen LogP contribution is -2.22. The van der Waals surface area contributed by atoms with Crippen LogP contribution < -0.4 is 5.32 Å². The third-order valence-electron chi connectivity index (χ3n) is 1.45. The Morgan fingerprint density at radius 1 is 1.86 bits per heavy atom. The number of nitriles is 1. The SMILES string of the molecule is N#CC(NCCN=[N+]=[N-])c1nccs1. The molecule has 0 saturated carbocycles. The number of nitrogens with zero attached hydrogens (tertiary/aromatic N) is 5.